The molecule has 21 heavy (non-hydrogen) atoms. The van der Waals surface area contributed by atoms with Crippen LogP contribution < -0.4 is 10.6 Å². The number of benzene rings is 1. The van der Waals surface area contributed by atoms with Crippen molar-refractivity contribution in [1.29, 1.82) is 0 Å². The fraction of sp³-hybridized carbons (Fsp3) is 0.500. The van der Waals surface area contributed by atoms with Crippen LogP contribution in [0.4, 0.5) is 4.39 Å². The van der Waals surface area contributed by atoms with Crippen molar-refractivity contribution in [2.75, 3.05) is 26.8 Å². The largest absolute Gasteiger partial charge is 0.459 e. The maximum Gasteiger partial charge on any atom is 0.134 e. The van der Waals surface area contributed by atoms with Gasteiger partial charge >= 0.3 is 0 Å². The summed E-state index contributed by atoms with van der Waals surface area (Å²) in [6.45, 7) is 7.11. The molecule has 0 amide bonds. The Bertz CT molecular complexity index is 583. The first kappa shape index (κ1) is 15.9. The molecule has 0 radical (unpaired) electrons. The summed E-state index contributed by atoms with van der Waals surface area (Å²) in [5.74, 6) is 0.626. The topological polar surface area (TPSA) is 46.4 Å². The molecule has 2 N–H and O–H groups in total. The number of hydrogen-bond acceptors (Lipinski definition) is 4. The second kappa shape index (κ2) is 7.54. The molecule has 1 heterocycles. The third-order valence-electron chi connectivity index (χ3n) is 3.54. The zero-order valence-electron chi connectivity index (χ0n) is 12.8. The number of ether oxygens (including phenoxy) is 1. The highest BCUT2D eigenvalue weighted by molar-refractivity contribution is 5.82. The Morgan fingerprint density at radius 1 is 1.38 bits per heavy atom. The highest BCUT2D eigenvalue weighted by Gasteiger charge is 2.12. The Labute approximate surface area is 124 Å². The number of furan rings is 1. The number of rotatable bonds is 8. The predicted molar refractivity (Wildman–Crippen MR) is 82.0 cm³/mol. The van der Waals surface area contributed by atoms with E-state index in [1.165, 1.54) is 12.1 Å². The molecular formula is C16H23FN2O2. The first-order valence-electron chi connectivity index (χ1n) is 7.22. The van der Waals surface area contributed by atoms with Gasteiger partial charge in [-0.2, -0.15) is 0 Å². The van der Waals surface area contributed by atoms with E-state index in [1.807, 2.05) is 6.92 Å². The van der Waals surface area contributed by atoms with E-state index in [2.05, 4.69) is 17.6 Å². The van der Waals surface area contributed by atoms with Crippen LogP contribution in [0, 0.1) is 12.7 Å². The van der Waals surface area contributed by atoms with Crippen molar-refractivity contribution in [3.05, 3.63) is 35.3 Å². The normalized spacial score (nSPS) is 13.0. The van der Waals surface area contributed by atoms with Gasteiger partial charge in [0.05, 0.1) is 13.2 Å². The Kier molecular flexibility index (Phi) is 5.73. The summed E-state index contributed by atoms with van der Waals surface area (Å²) in [7, 11) is 1.69. The lowest BCUT2D eigenvalue weighted by molar-refractivity contribution is 0.198. The van der Waals surface area contributed by atoms with Crippen LogP contribution in [0.2, 0.25) is 0 Å². The van der Waals surface area contributed by atoms with E-state index in [0.29, 0.717) is 19.2 Å². The zero-order chi connectivity index (χ0) is 15.2. The van der Waals surface area contributed by atoms with E-state index >= 15 is 0 Å². The van der Waals surface area contributed by atoms with Gasteiger partial charge in [0.1, 0.15) is 17.2 Å². The second-order valence-corrected chi connectivity index (χ2v) is 5.27. The van der Waals surface area contributed by atoms with Crippen molar-refractivity contribution in [3.63, 3.8) is 0 Å². The van der Waals surface area contributed by atoms with E-state index < -0.39 is 0 Å². The summed E-state index contributed by atoms with van der Waals surface area (Å²) in [4.78, 5) is 0. The molecule has 0 bridgehead atoms. The number of aryl methyl sites for hydroxylation is 1. The minimum atomic E-state index is -0.235. The van der Waals surface area contributed by atoms with Gasteiger partial charge in [0, 0.05) is 31.6 Å². The molecule has 5 heteroatoms. The molecule has 0 spiro atoms. The molecule has 1 atom stereocenters. The van der Waals surface area contributed by atoms with Gasteiger partial charge in [0.25, 0.3) is 0 Å². The molecule has 0 aliphatic carbocycles. The Morgan fingerprint density at radius 2 is 2.19 bits per heavy atom. The van der Waals surface area contributed by atoms with Crippen LogP contribution in [0.3, 0.4) is 0 Å². The minimum Gasteiger partial charge on any atom is -0.459 e. The molecule has 2 rings (SSSR count). The van der Waals surface area contributed by atoms with Crippen LogP contribution in [-0.2, 0) is 11.3 Å². The summed E-state index contributed by atoms with van der Waals surface area (Å²) >= 11 is 0. The molecule has 0 saturated heterocycles. The number of methoxy groups -OCH3 is 1. The summed E-state index contributed by atoms with van der Waals surface area (Å²) in [6, 6.07) is 4.93. The molecule has 0 aliphatic rings. The zero-order valence-corrected chi connectivity index (χ0v) is 12.8. The fourth-order valence-corrected chi connectivity index (χ4v) is 2.24. The molecule has 116 valence electrons. The predicted octanol–water partition coefficient (Wildman–Crippen LogP) is 2.59. The molecule has 0 saturated carbocycles. The lowest BCUT2D eigenvalue weighted by Crippen LogP contribution is -2.37. The van der Waals surface area contributed by atoms with Crippen LogP contribution >= 0.6 is 0 Å². The Morgan fingerprint density at radius 3 is 2.95 bits per heavy atom. The number of fused-ring (bicyclic) bond motifs is 1. The van der Waals surface area contributed by atoms with Gasteiger partial charge in [-0.3, -0.25) is 0 Å². The standard InChI is InChI=1S/C16H23FN2O2/c1-11(9-18-6-7-20-3)19-10-16-12(2)14-8-13(17)4-5-15(14)21-16/h4-5,8,11,18-19H,6-7,9-10H2,1-3H3. The lowest BCUT2D eigenvalue weighted by Gasteiger charge is -2.14. The molecule has 0 aliphatic heterocycles. The van der Waals surface area contributed by atoms with E-state index in [-0.39, 0.29) is 5.82 Å². The summed E-state index contributed by atoms with van der Waals surface area (Å²) in [5, 5.41) is 7.55. The minimum absolute atomic E-state index is 0.235. The monoisotopic (exact) mass is 294 g/mol. The van der Waals surface area contributed by atoms with Gasteiger partial charge in [0.15, 0.2) is 0 Å². The van der Waals surface area contributed by atoms with Gasteiger partial charge in [-0.05, 0) is 37.6 Å². The molecule has 0 fully saturated rings. The third kappa shape index (κ3) is 4.27. The van der Waals surface area contributed by atoms with Crippen LogP contribution in [0.1, 0.15) is 18.2 Å². The third-order valence-corrected chi connectivity index (χ3v) is 3.54. The quantitative estimate of drug-likeness (QED) is 0.735. The van der Waals surface area contributed by atoms with Gasteiger partial charge in [-0.15, -0.1) is 0 Å². The summed E-state index contributed by atoms with van der Waals surface area (Å²) in [6.07, 6.45) is 0. The smallest absolute Gasteiger partial charge is 0.134 e. The van der Waals surface area contributed by atoms with Crippen molar-refractivity contribution in [2.45, 2.75) is 26.4 Å². The van der Waals surface area contributed by atoms with Crippen molar-refractivity contribution in [3.8, 4) is 0 Å². The van der Waals surface area contributed by atoms with E-state index in [4.69, 9.17) is 9.15 Å². The maximum atomic E-state index is 13.3. The number of halogens is 1. The van der Waals surface area contributed by atoms with Crippen LogP contribution in [0.5, 0.6) is 0 Å². The Balaban J connectivity index is 1.90. The molecule has 1 aromatic carbocycles. The van der Waals surface area contributed by atoms with Gasteiger partial charge in [-0.1, -0.05) is 0 Å². The molecule has 4 nitrogen and oxygen atoms in total. The molecule has 2 aromatic rings. The fourth-order valence-electron chi connectivity index (χ4n) is 2.24. The molecule has 1 unspecified atom stereocenters. The molecular weight excluding hydrogens is 271 g/mol. The van der Waals surface area contributed by atoms with Gasteiger partial charge in [-0.25, -0.2) is 4.39 Å². The van der Waals surface area contributed by atoms with E-state index in [1.54, 1.807) is 13.2 Å². The van der Waals surface area contributed by atoms with E-state index in [9.17, 15) is 4.39 Å². The molecule has 1 aromatic heterocycles. The average molecular weight is 294 g/mol. The first-order chi connectivity index (χ1) is 10.1. The maximum absolute atomic E-state index is 13.3. The first-order valence-corrected chi connectivity index (χ1v) is 7.22. The van der Waals surface area contributed by atoms with Crippen LogP contribution in [0.15, 0.2) is 22.6 Å². The van der Waals surface area contributed by atoms with Crippen molar-refractivity contribution >= 4 is 11.0 Å². The van der Waals surface area contributed by atoms with Crippen molar-refractivity contribution < 1.29 is 13.5 Å². The number of nitrogens with one attached hydrogen (secondary N) is 2. The SMILES string of the molecule is COCCNCC(C)NCc1oc2ccc(F)cc2c1C. The van der Waals surface area contributed by atoms with Crippen LogP contribution in [-0.4, -0.2) is 32.8 Å². The summed E-state index contributed by atoms with van der Waals surface area (Å²) in [5.41, 5.74) is 1.73. The second-order valence-electron chi connectivity index (χ2n) is 5.27. The van der Waals surface area contributed by atoms with Gasteiger partial charge in [0.2, 0.25) is 0 Å². The van der Waals surface area contributed by atoms with E-state index in [0.717, 1.165) is 35.4 Å². The summed E-state index contributed by atoms with van der Waals surface area (Å²) < 4.78 is 24.0. The number of hydrogen-bond donors (Lipinski definition) is 2. The highest BCUT2D eigenvalue weighted by Crippen LogP contribution is 2.25. The van der Waals surface area contributed by atoms with Gasteiger partial charge < -0.3 is 19.8 Å². The van der Waals surface area contributed by atoms with Crippen molar-refractivity contribution in [1.82, 2.24) is 10.6 Å². The highest BCUT2D eigenvalue weighted by atomic mass is 19.1. The average Bonchev–Trinajstić information content (AvgIpc) is 2.78. The van der Waals surface area contributed by atoms with Crippen LogP contribution in [0.25, 0.3) is 11.0 Å². The Hall–Kier alpha value is -1.43. The van der Waals surface area contributed by atoms with Crippen molar-refractivity contribution in [2.24, 2.45) is 0 Å². The lowest BCUT2D eigenvalue weighted by atomic mass is 10.1.